The molecular weight excluding hydrogens is 478 g/mol. The highest BCUT2D eigenvalue weighted by Crippen LogP contribution is 2.39. The lowest BCUT2D eigenvalue weighted by Gasteiger charge is -2.41. The van der Waals surface area contributed by atoms with Crippen LogP contribution in [0.5, 0.6) is 5.75 Å². The van der Waals surface area contributed by atoms with Crippen LogP contribution in [0.3, 0.4) is 0 Å². The monoisotopic (exact) mass is 507 g/mol. The third-order valence-electron chi connectivity index (χ3n) is 6.24. The van der Waals surface area contributed by atoms with Crippen molar-refractivity contribution >= 4 is 33.2 Å². The molecule has 188 valence electrons. The number of anilines is 2. The van der Waals surface area contributed by atoms with Crippen molar-refractivity contribution < 1.29 is 22.7 Å². The summed E-state index contributed by atoms with van der Waals surface area (Å²) < 4.78 is 29.0. The third-order valence-corrected chi connectivity index (χ3v) is 7.36. The minimum Gasteiger partial charge on any atom is -0.496 e. The molecule has 4 rings (SSSR count). The number of sulfone groups is 1. The van der Waals surface area contributed by atoms with E-state index in [0.29, 0.717) is 23.7 Å². The van der Waals surface area contributed by atoms with Crippen molar-refractivity contribution in [3.05, 3.63) is 72.3 Å². The Labute approximate surface area is 211 Å². The highest BCUT2D eigenvalue weighted by Gasteiger charge is 2.33. The maximum atomic E-state index is 13.4. The average Bonchev–Trinajstić information content (AvgIpc) is 2.86. The summed E-state index contributed by atoms with van der Waals surface area (Å²) >= 11 is 0. The first-order chi connectivity index (χ1) is 17.1. The van der Waals surface area contributed by atoms with Crippen molar-refractivity contribution in [2.45, 2.75) is 31.3 Å². The van der Waals surface area contributed by atoms with Gasteiger partial charge in [-0.05, 0) is 48.4 Å². The average molecular weight is 508 g/mol. The van der Waals surface area contributed by atoms with E-state index in [2.05, 4.69) is 5.32 Å². The summed E-state index contributed by atoms with van der Waals surface area (Å²) in [4.78, 5) is 29.4. The van der Waals surface area contributed by atoms with Gasteiger partial charge in [-0.3, -0.25) is 9.69 Å². The van der Waals surface area contributed by atoms with Crippen molar-refractivity contribution in [3.63, 3.8) is 0 Å². The molecule has 0 radical (unpaired) electrons. The summed E-state index contributed by atoms with van der Waals surface area (Å²) in [6, 6.07) is 19.1. The Bertz CT molecular complexity index is 1400. The highest BCUT2D eigenvalue weighted by molar-refractivity contribution is 7.90. The molecule has 0 aromatic heterocycles. The molecule has 8 nitrogen and oxygen atoms in total. The molecule has 3 aromatic rings. The van der Waals surface area contributed by atoms with Gasteiger partial charge in [0.2, 0.25) is 5.91 Å². The molecular formula is C27H29N3O5S. The normalized spacial score (nSPS) is 15.3. The summed E-state index contributed by atoms with van der Waals surface area (Å²) in [5.41, 5.74) is 3.70. The van der Waals surface area contributed by atoms with Gasteiger partial charge in [0.15, 0.2) is 9.84 Å². The Morgan fingerprint density at radius 3 is 2.31 bits per heavy atom. The summed E-state index contributed by atoms with van der Waals surface area (Å²) in [5.74, 6) is 0.580. The van der Waals surface area contributed by atoms with E-state index in [1.54, 1.807) is 41.2 Å². The number of fused-ring (bicyclic) bond motifs is 1. The van der Waals surface area contributed by atoms with Gasteiger partial charge in [-0.2, -0.15) is 0 Å². The number of para-hydroxylation sites is 1. The molecule has 1 heterocycles. The minimum atomic E-state index is -3.31. The SMILES string of the molecule is COc1ccccc1CNC(=O)N1C[C@H](C)N(C(C)=O)c2ccc(-c3ccc(S(C)(=O)=O)cc3)cc21. The first-order valence-corrected chi connectivity index (χ1v) is 13.4. The number of carbonyl (C=O) groups is 2. The van der Waals surface area contributed by atoms with E-state index in [1.807, 2.05) is 49.4 Å². The van der Waals surface area contributed by atoms with Gasteiger partial charge in [0.05, 0.1) is 29.4 Å². The van der Waals surface area contributed by atoms with Crippen LogP contribution in [0.15, 0.2) is 71.6 Å². The fourth-order valence-corrected chi connectivity index (χ4v) is 5.12. The smallest absolute Gasteiger partial charge is 0.322 e. The maximum Gasteiger partial charge on any atom is 0.322 e. The first kappa shape index (κ1) is 25.2. The van der Waals surface area contributed by atoms with Crippen molar-refractivity contribution in [1.82, 2.24) is 5.32 Å². The Hall–Kier alpha value is -3.85. The quantitative estimate of drug-likeness (QED) is 0.557. The third kappa shape index (κ3) is 5.06. The largest absolute Gasteiger partial charge is 0.496 e. The number of nitrogens with zero attached hydrogens (tertiary/aromatic N) is 2. The molecule has 1 aliphatic rings. The zero-order valence-electron chi connectivity index (χ0n) is 20.7. The van der Waals surface area contributed by atoms with Gasteiger partial charge in [-0.25, -0.2) is 13.2 Å². The van der Waals surface area contributed by atoms with Crippen molar-refractivity contribution in [1.29, 1.82) is 0 Å². The minimum absolute atomic E-state index is 0.108. The van der Waals surface area contributed by atoms with Gasteiger partial charge < -0.3 is 15.0 Å². The van der Waals surface area contributed by atoms with Crippen LogP contribution in [0.1, 0.15) is 19.4 Å². The molecule has 3 aromatic carbocycles. The molecule has 1 aliphatic heterocycles. The fraction of sp³-hybridized carbons (Fsp3) is 0.259. The van der Waals surface area contributed by atoms with Crippen LogP contribution in [0, 0.1) is 0 Å². The topological polar surface area (TPSA) is 96.0 Å². The number of hydrogen-bond acceptors (Lipinski definition) is 5. The van der Waals surface area contributed by atoms with Crippen LogP contribution in [0.4, 0.5) is 16.2 Å². The second-order valence-electron chi connectivity index (χ2n) is 8.82. The van der Waals surface area contributed by atoms with E-state index in [1.165, 1.54) is 13.2 Å². The number of amides is 3. The van der Waals surface area contributed by atoms with Crippen LogP contribution in [0.25, 0.3) is 11.1 Å². The molecule has 0 unspecified atom stereocenters. The van der Waals surface area contributed by atoms with Gasteiger partial charge in [0.25, 0.3) is 0 Å². The van der Waals surface area contributed by atoms with E-state index < -0.39 is 9.84 Å². The molecule has 0 saturated heterocycles. The molecule has 0 spiro atoms. The Morgan fingerprint density at radius 2 is 1.67 bits per heavy atom. The van der Waals surface area contributed by atoms with Crippen LogP contribution in [-0.4, -0.2) is 46.3 Å². The van der Waals surface area contributed by atoms with E-state index in [4.69, 9.17) is 4.74 Å². The van der Waals surface area contributed by atoms with Crippen LogP contribution in [-0.2, 0) is 21.2 Å². The van der Waals surface area contributed by atoms with Crippen LogP contribution in [0.2, 0.25) is 0 Å². The second kappa shape index (κ2) is 10.0. The number of benzene rings is 3. The van der Waals surface area contributed by atoms with Gasteiger partial charge in [-0.1, -0.05) is 36.4 Å². The molecule has 0 bridgehead atoms. The second-order valence-corrected chi connectivity index (χ2v) is 10.8. The summed E-state index contributed by atoms with van der Waals surface area (Å²) in [6.07, 6.45) is 1.17. The Morgan fingerprint density at radius 1 is 1.00 bits per heavy atom. The first-order valence-electron chi connectivity index (χ1n) is 11.5. The lowest BCUT2D eigenvalue weighted by atomic mass is 10.0. The molecule has 9 heteroatoms. The molecule has 0 aliphatic carbocycles. The maximum absolute atomic E-state index is 13.4. The summed E-state index contributed by atoms with van der Waals surface area (Å²) in [6.45, 7) is 4.02. The number of methoxy groups -OCH3 is 1. The van der Waals surface area contributed by atoms with E-state index in [-0.39, 0.29) is 29.4 Å². The predicted octanol–water partition coefficient (Wildman–Crippen LogP) is 4.24. The molecule has 1 N–H and O–H groups in total. The number of hydrogen-bond donors (Lipinski definition) is 1. The zero-order chi connectivity index (χ0) is 26.0. The zero-order valence-corrected chi connectivity index (χ0v) is 21.5. The van der Waals surface area contributed by atoms with Crippen LogP contribution >= 0.6 is 0 Å². The highest BCUT2D eigenvalue weighted by atomic mass is 32.2. The van der Waals surface area contributed by atoms with Gasteiger partial charge in [0, 0.05) is 31.8 Å². The number of ether oxygens (including phenoxy) is 1. The van der Waals surface area contributed by atoms with E-state index >= 15 is 0 Å². The number of rotatable bonds is 5. The van der Waals surface area contributed by atoms with Crippen molar-refractivity contribution in [3.8, 4) is 16.9 Å². The lowest BCUT2D eigenvalue weighted by molar-refractivity contribution is -0.117. The lowest BCUT2D eigenvalue weighted by Crippen LogP contribution is -2.53. The molecule has 3 amide bonds. The number of nitrogens with one attached hydrogen (secondary N) is 1. The van der Waals surface area contributed by atoms with E-state index in [0.717, 1.165) is 16.7 Å². The Balaban J connectivity index is 1.68. The van der Waals surface area contributed by atoms with Crippen molar-refractivity contribution in [2.24, 2.45) is 0 Å². The summed E-state index contributed by atoms with van der Waals surface area (Å²) in [5, 5.41) is 2.97. The van der Waals surface area contributed by atoms with Crippen molar-refractivity contribution in [2.75, 3.05) is 29.7 Å². The molecule has 1 atom stereocenters. The predicted molar refractivity (Wildman–Crippen MR) is 140 cm³/mol. The molecule has 36 heavy (non-hydrogen) atoms. The summed E-state index contributed by atoms with van der Waals surface area (Å²) in [7, 11) is -1.72. The van der Waals surface area contributed by atoms with Gasteiger partial charge >= 0.3 is 6.03 Å². The number of carbonyl (C=O) groups excluding carboxylic acids is 2. The van der Waals surface area contributed by atoms with Gasteiger partial charge in [0.1, 0.15) is 5.75 Å². The van der Waals surface area contributed by atoms with Gasteiger partial charge in [-0.15, -0.1) is 0 Å². The van der Waals surface area contributed by atoms with E-state index in [9.17, 15) is 18.0 Å². The standard InChI is InChI=1S/C27H29N3O5S/c1-18-17-29(27(32)28-16-22-7-5-6-8-26(22)35-3)25-15-21(11-14-24(25)30(18)19(2)31)20-9-12-23(13-10-20)36(4,33)34/h5-15,18H,16-17H2,1-4H3,(H,28,32)/t18-/m0/s1. The van der Waals surface area contributed by atoms with Crippen LogP contribution < -0.4 is 19.9 Å². The fourth-order valence-electron chi connectivity index (χ4n) is 4.49. The Kier molecular flexibility index (Phi) is 7.03. The number of urea groups is 1. The molecule has 0 saturated carbocycles. The molecule has 0 fully saturated rings.